The maximum atomic E-state index is 5.91. The molecule has 1 aliphatic rings. The summed E-state index contributed by atoms with van der Waals surface area (Å²) >= 11 is 0. The summed E-state index contributed by atoms with van der Waals surface area (Å²) in [5.41, 5.74) is 3.99. The molecule has 0 saturated carbocycles. The van der Waals surface area contributed by atoms with Gasteiger partial charge in [-0.15, -0.1) is 0 Å². The predicted octanol–water partition coefficient (Wildman–Crippen LogP) is 5.07. The normalized spacial score (nSPS) is 14.6. The van der Waals surface area contributed by atoms with Gasteiger partial charge in [-0.1, -0.05) is 39.8 Å². The first-order valence-corrected chi connectivity index (χ1v) is 6.78. The second-order valence-electron chi connectivity index (χ2n) is 4.55. The Morgan fingerprint density at radius 3 is 1.88 bits per heavy atom. The summed E-state index contributed by atoms with van der Waals surface area (Å²) < 4.78 is 5.91. The van der Waals surface area contributed by atoms with Crippen LogP contribution in [0.25, 0.3) is 0 Å². The van der Waals surface area contributed by atoms with E-state index >= 15 is 0 Å². The molecule has 1 heterocycles. The Hall–Kier alpha value is -0.980. The van der Waals surface area contributed by atoms with Crippen LogP contribution in [-0.2, 0) is 6.42 Å². The number of fused-ring (bicyclic) bond motifs is 1. The van der Waals surface area contributed by atoms with Crippen molar-refractivity contribution in [2.45, 2.75) is 67.4 Å². The molecule has 0 saturated heterocycles. The van der Waals surface area contributed by atoms with E-state index in [1.54, 1.807) is 0 Å². The summed E-state index contributed by atoms with van der Waals surface area (Å²) in [4.78, 5) is 0. The van der Waals surface area contributed by atoms with Crippen LogP contribution in [0.5, 0.6) is 5.75 Å². The number of hydrogen-bond acceptors (Lipinski definition) is 1. The zero-order chi connectivity index (χ0) is 13.6. The number of rotatable bonds is 0. The molecule has 0 bridgehead atoms. The molecule has 0 N–H and O–H groups in total. The van der Waals surface area contributed by atoms with E-state index in [1.807, 2.05) is 27.7 Å². The standard InChI is InChI=1S/C12H16O.2C2H6/c1-8-5-6-9(2)11-10(8)7-12(3,4)13-11;2*1-2/h5-6H,7H2,1-4H3;2*1-2H3. The summed E-state index contributed by atoms with van der Waals surface area (Å²) in [5.74, 6) is 1.12. The van der Waals surface area contributed by atoms with E-state index in [4.69, 9.17) is 4.74 Å². The van der Waals surface area contributed by atoms with Crippen LogP contribution in [0.4, 0.5) is 0 Å². The highest BCUT2D eigenvalue weighted by molar-refractivity contribution is 5.49. The van der Waals surface area contributed by atoms with Gasteiger partial charge in [0.15, 0.2) is 0 Å². The third kappa shape index (κ3) is 3.76. The summed E-state index contributed by atoms with van der Waals surface area (Å²) in [6.45, 7) is 16.6. The van der Waals surface area contributed by atoms with Crippen molar-refractivity contribution < 1.29 is 4.74 Å². The van der Waals surface area contributed by atoms with Crippen LogP contribution in [0.3, 0.4) is 0 Å². The van der Waals surface area contributed by atoms with E-state index in [9.17, 15) is 0 Å². The van der Waals surface area contributed by atoms with Gasteiger partial charge in [0.25, 0.3) is 0 Å². The molecule has 0 aliphatic carbocycles. The molecule has 0 aromatic heterocycles. The lowest BCUT2D eigenvalue weighted by Gasteiger charge is -2.17. The SMILES string of the molecule is CC.CC.Cc1ccc(C)c2c1CC(C)(C)O2. The summed E-state index contributed by atoms with van der Waals surface area (Å²) in [7, 11) is 0. The fraction of sp³-hybridized carbons (Fsp3) is 0.625. The number of hydrogen-bond donors (Lipinski definition) is 0. The minimum atomic E-state index is -0.0147. The molecule has 0 spiro atoms. The van der Waals surface area contributed by atoms with Gasteiger partial charge in [-0.25, -0.2) is 0 Å². The maximum Gasteiger partial charge on any atom is 0.126 e. The Balaban J connectivity index is 0.000000581. The fourth-order valence-electron chi connectivity index (χ4n) is 1.94. The molecule has 1 heteroatoms. The number of ether oxygens (including phenoxy) is 1. The van der Waals surface area contributed by atoms with Gasteiger partial charge >= 0.3 is 0 Å². The second-order valence-corrected chi connectivity index (χ2v) is 4.55. The monoisotopic (exact) mass is 236 g/mol. The molecule has 1 aliphatic heterocycles. The molecule has 1 aromatic carbocycles. The van der Waals surface area contributed by atoms with Crippen molar-refractivity contribution >= 4 is 0 Å². The first-order valence-electron chi connectivity index (χ1n) is 6.78. The van der Waals surface area contributed by atoms with Crippen LogP contribution in [0.2, 0.25) is 0 Å². The highest BCUT2D eigenvalue weighted by Gasteiger charge is 2.31. The Morgan fingerprint density at radius 1 is 0.941 bits per heavy atom. The van der Waals surface area contributed by atoms with Gasteiger partial charge in [0.1, 0.15) is 11.4 Å². The maximum absolute atomic E-state index is 5.91. The molecule has 0 atom stereocenters. The molecular weight excluding hydrogens is 208 g/mol. The van der Waals surface area contributed by atoms with Crippen LogP contribution >= 0.6 is 0 Å². The largest absolute Gasteiger partial charge is 0.487 e. The van der Waals surface area contributed by atoms with Crippen molar-refractivity contribution in [3.8, 4) is 5.75 Å². The van der Waals surface area contributed by atoms with Gasteiger partial charge in [0.2, 0.25) is 0 Å². The van der Waals surface area contributed by atoms with Crippen molar-refractivity contribution in [1.82, 2.24) is 0 Å². The van der Waals surface area contributed by atoms with E-state index in [2.05, 4.69) is 39.8 Å². The molecule has 2 rings (SSSR count). The number of aryl methyl sites for hydroxylation is 2. The molecule has 98 valence electrons. The molecule has 17 heavy (non-hydrogen) atoms. The third-order valence-electron chi connectivity index (χ3n) is 2.67. The van der Waals surface area contributed by atoms with Crippen LogP contribution in [0, 0.1) is 13.8 Å². The summed E-state index contributed by atoms with van der Waals surface area (Å²) in [5, 5.41) is 0. The van der Waals surface area contributed by atoms with E-state index in [1.165, 1.54) is 16.7 Å². The molecule has 0 unspecified atom stereocenters. The topological polar surface area (TPSA) is 9.23 Å². The van der Waals surface area contributed by atoms with Crippen molar-refractivity contribution in [1.29, 1.82) is 0 Å². The Labute approximate surface area is 107 Å². The molecule has 0 radical (unpaired) electrons. The lowest BCUT2D eigenvalue weighted by atomic mass is 9.97. The van der Waals surface area contributed by atoms with E-state index in [-0.39, 0.29) is 5.60 Å². The lowest BCUT2D eigenvalue weighted by molar-refractivity contribution is 0.137. The smallest absolute Gasteiger partial charge is 0.126 e. The third-order valence-corrected chi connectivity index (χ3v) is 2.67. The first kappa shape index (κ1) is 16.0. The van der Waals surface area contributed by atoms with Gasteiger partial charge in [-0.05, 0) is 38.8 Å². The minimum absolute atomic E-state index is 0.0147. The van der Waals surface area contributed by atoms with Crippen LogP contribution < -0.4 is 4.74 Å². The van der Waals surface area contributed by atoms with Gasteiger partial charge in [-0.3, -0.25) is 0 Å². The average Bonchev–Trinajstić information content (AvgIpc) is 2.66. The van der Waals surface area contributed by atoms with Crippen molar-refractivity contribution in [3.05, 3.63) is 28.8 Å². The predicted molar refractivity (Wildman–Crippen MR) is 77.0 cm³/mol. The Bertz CT molecular complexity index is 318. The lowest BCUT2D eigenvalue weighted by Crippen LogP contribution is -2.24. The fourth-order valence-corrected chi connectivity index (χ4v) is 1.94. The minimum Gasteiger partial charge on any atom is -0.487 e. The molecule has 0 fully saturated rings. The van der Waals surface area contributed by atoms with Crippen LogP contribution in [0.1, 0.15) is 58.2 Å². The molecule has 0 amide bonds. The first-order chi connectivity index (χ1) is 7.99. The van der Waals surface area contributed by atoms with Gasteiger partial charge in [0, 0.05) is 12.0 Å². The summed E-state index contributed by atoms with van der Waals surface area (Å²) in [6, 6.07) is 4.31. The zero-order valence-electron chi connectivity index (χ0n) is 12.8. The average molecular weight is 236 g/mol. The van der Waals surface area contributed by atoms with E-state index in [0.29, 0.717) is 0 Å². The van der Waals surface area contributed by atoms with Crippen molar-refractivity contribution in [3.63, 3.8) is 0 Å². The van der Waals surface area contributed by atoms with Gasteiger partial charge in [0.05, 0.1) is 0 Å². The highest BCUT2D eigenvalue weighted by atomic mass is 16.5. The quantitative estimate of drug-likeness (QED) is 0.611. The zero-order valence-corrected chi connectivity index (χ0v) is 12.8. The van der Waals surface area contributed by atoms with Crippen LogP contribution in [0.15, 0.2) is 12.1 Å². The molecule has 1 nitrogen and oxygen atoms in total. The second kappa shape index (κ2) is 6.68. The number of benzene rings is 1. The van der Waals surface area contributed by atoms with Crippen molar-refractivity contribution in [2.75, 3.05) is 0 Å². The Kier molecular flexibility index (Phi) is 6.30. The van der Waals surface area contributed by atoms with E-state index in [0.717, 1.165) is 12.2 Å². The van der Waals surface area contributed by atoms with E-state index < -0.39 is 0 Å². The molecule has 1 aromatic rings. The van der Waals surface area contributed by atoms with Gasteiger partial charge in [-0.2, -0.15) is 0 Å². The summed E-state index contributed by atoms with van der Waals surface area (Å²) in [6.07, 6.45) is 1.04. The van der Waals surface area contributed by atoms with Crippen molar-refractivity contribution in [2.24, 2.45) is 0 Å². The van der Waals surface area contributed by atoms with Crippen LogP contribution in [-0.4, -0.2) is 5.60 Å². The highest BCUT2D eigenvalue weighted by Crippen LogP contribution is 2.38. The van der Waals surface area contributed by atoms with Gasteiger partial charge < -0.3 is 4.74 Å². The molecular formula is C16H28O. The Morgan fingerprint density at radius 2 is 1.41 bits per heavy atom.